The highest BCUT2D eigenvalue weighted by Crippen LogP contribution is 2.69. The van der Waals surface area contributed by atoms with Gasteiger partial charge in [-0.1, -0.05) is 102 Å². The molecule has 4 aromatic rings. The Morgan fingerprint density at radius 1 is 0.738 bits per heavy atom. The van der Waals surface area contributed by atoms with E-state index >= 15 is 0 Å². The van der Waals surface area contributed by atoms with Gasteiger partial charge in [0.05, 0.1) is 22.5 Å². The van der Waals surface area contributed by atoms with Gasteiger partial charge in [0.15, 0.2) is 0 Å². The number of hydrogen-bond acceptors (Lipinski definition) is 3. The highest BCUT2D eigenvalue weighted by molar-refractivity contribution is 6.37. The quantitative estimate of drug-likeness (QED) is 0.187. The van der Waals surface area contributed by atoms with E-state index in [1.54, 1.807) is 12.1 Å². The molecule has 4 aliphatic rings. The van der Waals surface area contributed by atoms with Crippen LogP contribution in [0.1, 0.15) is 27.8 Å². The molecule has 8 rings (SSSR count). The molecular formula is C33H22Cl4N2O3. The summed E-state index contributed by atoms with van der Waals surface area (Å²) in [7, 11) is 0. The van der Waals surface area contributed by atoms with Crippen molar-refractivity contribution in [1.82, 2.24) is 4.90 Å². The molecule has 42 heavy (non-hydrogen) atoms. The molecule has 1 saturated heterocycles. The first-order valence-corrected chi connectivity index (χ1v) is 14.9. The summed E-state index contributed by atoms with van der Waals surface area (Å²) in [5.74, 6) is -3.67. The van der Waals surface area contributed by atoms with Gasteiger partial charge in [-0.25, -0.2) is 0 Å². The highest BCUT2D eigenvalue weighted by atomic mass is 35.5. The minimum atomic E-state index is -1.34. The Labute approximate surface area is 262 Å². The number of halogens is 4. The van der Waals surface area contributed by atoms with Crippen LogP contribution >= 0.6 is 46.4 Å². The monoisotopic (exact) mass is 634 g/mol. The SMILES string of the molecule is O=C(Nc1ccc(Cl)cc1Cl)[C@@H](Cc1ccccc1)N1C(=O)[C@@H]2[C@H](C1=O)C1(Cl)c3ccccc3C2(Cl)c2ccccc21. The van der Waals surface area contributed by atoms with Crippen molar-refractivity contribution in [2.45, 2.75) is 22.2 Å². The number of carbonyl (C=O) groups excluding carboxylic acids is 3. The molecule has 0 saturated carbocycles. The third kappa shape index (κ3) is 3.74. The molecular weight excluding hydrogens is 614 g/mol. The number of carbonyl (C=O) groups is 3. The predicted molar refractivity (Wildman–Crippen MR) is 164 cm³/mol. The molecule has 5 nitrogen and oxygen atoms in total. The molecule has 3 atom stereocenters. The van der Waals surface area contributed by atoms with Crippen molar-refractivity contribution in [3.63, 3.8) is 0 Å². The average molecular weight is 636 g/mol. The number of benzene rings is 4. The number of likely N-dealkylation sites (tertiary alicyclic amines) is 1. The number of hydrogen-bond donors (Lipinski definition) is 1. The lowest BCUT2D eigenvalue weighted by molar-refractivity contribution is -0.146. The fourth-order valence-corrected chi connectivity index (χ4v) is 8.49. The van der Waals surface area contributed by atoms with Crippen LogP contribution in [-0.2, 0) is 30.6 Å². The van der Waals surface area contributed by atoms with Crippen molar-refractivity contribution >= 4 is 69.8 Å². The summed E-state index contributed by atoms with van der Waals surface area (Å²) in [5.41, 5.74) is 3.86. The number of amides is 3. The number of imide groups is 1. The van der Waals surface area contributed by atoms with Crippen LogP contribution in [0.3, 0.4) is 0 Å². The van der Waals surface area contributed by atoms with Gasteiger partial charge >= 0.3 is 0 Å². The summed E-state index contributed by atoms with van der Waals surface area (Å²) in [6.07, 6.45) is 0.0826. The Morgan fingerprint density at radius 2 is 1.21 bits per heavy atom. The van der Waals surface area contributed by atoms with Gasteiger partial charge in [-0.3, -0.25) is 19.3 Å². The molecule has 1 heterocycles. The molecule has 9 heteroatoms. The Bertz CT molecular complexity index is 1670. The standard InChI is InChI=1S/C33H22Cl4N2O3/c34-19-14-15-25(24(35)17-19)38-29(40)26(16-18-8-2-1-3-9-18)39-30(41)27-28(31(39)42)33(37)21-11-5-4-10-20(21)32(27,36)22-12-6-7-13-23(22)33/h1-15,17,26-28H,16H2,(H,38,40)/t26-,27-,28+,32?,33?/m1/s1. The average Bonchev–Trinajstić information content (AvgIpc) is 3.27. The largest absolute Gasteiger partial charge is 0.323 e. The fourth-order valence-electron chi connectivity index (χ4n) is 6.94. The molecule has 0 aromatic heterocycles. The van der Waals surface area contributed by atoms with Crippen LogP contribution in [0.5, 0.6) is 0 Å². The third-order valence-electron chi connectivity index (χ3n) is 8.69. The third-order valence-corrected chi connectivity index (χ3v) is 10.5. The number of nitrogens with one attached hydrogen (secondary N) is 1. The zero-order chi connectivity index (χ0) is 29.4. The van der Waals surface area contributed by atoms with E-state index in [9.17, 15) is 14.4 Å². The van der Waals surface area contributed by atoms with E-state index in [-0.39, 0.29) is 11.4 Å². The lowest BCUT2D eigenvalue weighted by atomic mass is 9.54. The van der Waals surface area contributed by atoms with Crippen molar-refractivity contribution in [2.75, 3.05) is 5.32 Å². The van der Waals surface area contributed by atoms with Crippen LogP contribution in [0.15, 0.2) is 97.1 Å². The van der Waals surface area contributed by atoms with Gasteiger partial charge in [0, 0.05) is 11.4 Å². The molecule has 210 valence electrons. The van der Waals surface area contributed by atoms with E-state index in [4.69, 9.17) is 46.4 Å². The zero-order valence-corrected chi connectivity index (χ0v) is 24.9. The lowest BCUT2D eigenvalue weighted by Gasteiger charge is -2.54. The Hall–Kier alpha value is -3.35. The highest BCUT2D eigenvalue weighted by Gasteiger charge is 2.73. The van der Waals surface area contributed by atoms with Gasteiger partial charge in [-0.2, -0.15) is 0 Å². The van der Waals surface area contributed by atoms with E-state index in [0.717, 1.165) is 10.5 Å². The summed E-state index contributed by atoms with van der Waals surface area (Å²) < 4.78 is 0. The second-order valence-electron chi connectivity index (χ2n) is 10.8. The summed E-state index contributed by atoms with van der Waals surface area (Å²) in [4.78, 5) is 41.5. The van der Waals surface area contributed by atoms with E-state index in [1.165, 1.54) is 6.07 Å². The molecule has 3 aliphatic carbocycles. The Morgan fingerprint density at radius 3 is 1.69 bits per heavy atom. The van der Waals surface area contributed by atoms with Gasteiger partial charge in [-0.05, 0) is 46.0 Å². The summed E-state index contributed by atoms with van der Waals surface area (Å²) in [6.45, 7) is 0. The summed E-state index contributed by atoms with van der Waals surface area (Å²) >= 11 is 27.5. The molecule has 0 unspecified atom stereocenters. The minimum Gasteiger partial charge on any atom is -0.323 e. The van der Waals surface area contributed by atoms with Crippen molar-refractivity contribution in [1.29, 1.82) is 0 Å². The van der Waals surface area contributed by atoms with Crippen molar-refractivity contribution in [3.05, 3.63) is 135 Å². The van der Waals surface area contributed by atoms with Crippen LogP contribution in [-0.4, -0.2) is 28.7 Å². The van der Waals surface area contributed by atoms with Crippen LogP contribution in [0.2, 0.25) is 10.0 Å². The first kappa shape index (κ1) is 27.5. The van der Waals surface area contributed by atoms with Crippen LogP contribution in [0.4, 0.5) is 5.69 Å². The Kier molecular flexibility index (Phi) is 6.45. The maximum Gasteiger partial charge on any atom is 0.248 e. The van der Waals surface area contributed by atoms with Gasteiger partial charge in [0.2, 0.25) is 17.7 Å². The second kappa shape index (κ2) is 9.85. The molecule has 4 aromatic carbocycles. The van der Waals surface area contributed by atoms with Crippen LogP contribution in [0, 0.1) is 11.8 Å². The van der Waals surface area contributed by atoms with Gasteiger partial charge in [0.1, 0.15) is 15.8 Å². The van der Waals surface area contributed by atoms with Gasteiger partial charge in [-0.15, -0.1) is 23.2 Å². The van der Waals surface area contributed by atoms with Crippen molar-refractivity contribution in [2.24, 2.45) is 11.8 Å². The van der Waals surface area contributed by atoms with E-state index < -0.39 is 45.3 Å². The molecule has 0 radical (unpaired) electrons. The predicted octanol–water partition coefficient (Wildman–Crippen LogP) is 7.14. The maximum absolute atomic E-state index is 14.5. The number of rotatable bonds is 5. The smallest absolute Gasteiger partial charge is 0.248 e. The molecule has 1 N–H and O–H groups in total. The molecule has 3 amide bonds. The first-order valence-electron chi connectivity index (χ1n) is 13.4. The Balaban J connectivity index is 1.36. The fraction of sp³-hybridized carbons (Fsp3) is 0.182. The zero-order valence-electron chi connectivity index (χ0n) is 21.9. The second-order valence-corrected chi connectivity index (χ2v) is 12.9. The number of alkyl halides is 2. The normalized spacial score (nSPS) is 26.0. The van der Waals surface area contributed by atoms with Crippen molar-refractivity contribution in [3.8, 4) is 0 Å². The lowest BCUT2D eigenvalue weighted by Crippen LogP contribution is -2.57. The van der Waals surface area contributed by atoms with E-state index in [0.29, 0.717) is 33.0 Å². The molecule has 2 bridgehead atoms. The molecule has 1 fully saturated rings. The topological polar surface area (TPSA) is 66.5 Å². The van der Waals surface area contributed by atoms with Crippen LogP contribution in [0.25, 0.3) is 0 Å². The molecule has 0 spiro atoms. The minimum absolute atomic E-state index is 0.0826. The summed E-state index contributed by atoms with van der Waals surface area (Å²) in [5, 5.41) is 3.44. The first-order chi connectivity index (χ1) is 20.2. The maximum atomic E-state index is 14.5. The van der Waals surface area contributed by atoms with Gasteiger partial charge < -0.3 is 5.32 Å². The number of anilines is 1. The van der Waals surface area contributed by atoms with Gasteiger partial charge in [0.25, 0.3) is 0 Å². The van der Waals surface area contributed by atoms with E-state index in [1.807, 2.05) is 78.9 Å². The van der Waals surface area contributed by atoms with Crippen molar-refractivity contribution < 1.29 is 14.4 Å². The number of nitrogens with zero attached hydrogens (tertiary/aromatic N) is 1. The molecule has 1 aliphatic heterocycles. The van der Waals surface area contributed by atoms with Crippen LogP contribution < -0.4 is 5.32 Å². The summed E-state index contributed by atoms with van der Waals surface area (Å²) in [6, 6.07) is 27.5. The van der Waals surface area contributed by atoms with E-state index in [2.05, 4.69) is 5.32 Å².